The Morgan fingerprint density at radius 1 is 0.744 bits per heavy atom. The molecule has 0 N–H and O–H groups in total. The van der Waals surface area contributed by atoms with Crippen LogP contribution in [0.1, 0.15) is 56.4 Å². The number of rotatable bonds is 5. The predicted octanol–water partition coefficient (Wildman–Crippen LogP) is 9.97. The van der Waals surface area contributed by atoms with Crippen LogP contribution in [0.25, 0.3) is 21.5 Å². The van der Waals surface area contributed by atoms with Gasteiger partial charge in [-0.25, -0.2) is 6.08 Å². The van der Waals surface area contributed by atoms with Crippen LogP contribution in [-0.4, -0.2) is 3.21 Å². The third kappa shape index (κ3) is 7.77. The molecule has 0 atom stereocenters. The molecule has 0 radical (unpaired) electrons. The van der Waals surface area contributed by atoms with Crippen LogP contribution in [0.4, 0.5) is 0 Å². The summed E-state index contributed by atoms with van der Waals surface area (Å²) >= 11 is 1.46. The molecule has 0 saturated heterocycles. The fourth-order valence-corrected chi connectivity index (χ4v) is 5.57. The van der Waals surface area contributed by atoms with E-state index in [2.05, 4.69) is 149 Å². The monoisotopic (exact) mass is 584 g/mol. The Morgan fingerprint density at radius 2 is 1.23 bits per heavy atom. The molecule has 0 heterocycles. The second-order valence-corrected chi connectivity index (χ2v) is 11.4. The molecule has 0 bridgehead atoms. The van der Waals surface area contributed by atoms with Crippen molar-refractivity contribution in [3.63, 3.8) is 0 Å². The fourth-order valence-electron chi connectivity index (χ4n) is 4.75. The summed E-state index contributed by atoms with van der Waals surface area (Å²) in [6, 6.07) is 37.1. The molecule has 0 saturated carbocycles. The normalized spacial score (nSPS) is 12.1. The third-order valence-electron chi connectivity index (χ3n) is 7.17. The van der Waals surface area contributed by atoms with E-state index in [1.165, 1.54) is 76.8 Å². The molecule has 1 aliphatic rings. The molecule has 0 spiro atoms. The number of hydrogen-bond donors (Lipinski definition) is 0. The summed E-state index contributed by atoms with van der Waals surface area (Å²) in [6.45, 7) is 8.82. The molecular weight excluding hydrogens is 548 g/mol. The first-order valence-electron chi connectivity index (χ1n) is 14.1. The molecule has 5 aromatic rings. The van der Waals surface area contributed by atoms with Crippen LogP contribution in [-0.2, 0) is 37.1 Å². The molecule has 0 aliphatic heterocycles. The maximum atomic E-state index is 3.14. The summed E-state index contributed by atoms with van der Waals surface area (Å²) in [6.07, 6.45) is 10.7. The minimum atomic E-state index is 0.685. The minimum absolute atomic E-state index is 0.685. The van der Waals surface area contributed by atoms with Crippen molar-refractivity contribution in [1.82, 2.24) is 0 Å². The van der Waals surface area contributed by atoms with E-state index >= 15 is 0 Å². The van der Waals surface area contributed by atoms with Gasteiger partial charge in [0.1, 0.15) is 0 Å². The Hall–Kier alpha value is -3.02. The topological polar surface area (TPSA) is 0 Å². The van der Waals surface area contributed by atoms with Gasteiger partial charge >= 0.3 is 99.2 Å². The van der Waals surface area contributed by atoms with Gasteiger partial charge < -0.3 is 0 Å². The van der Waals surface area contributed by atoms with E-state index in [9.17, 15) is 0 Å². The molecule has 6 rings (SSSR count). The predicted molar refractivity (Wildman–Crippen MR) is 167 cm³/mol. The van der Waals surface area contributed by atoms with Gasteiger partial charge in [0, 0.05) is 0 Å². The van der Waals surface area contributed by atoms with Crippen molar-refractivity contribution in [2.75, 3.05) is 0 Å². The van der Waals surface area contributed by atoms with Crippen molar-refractivity contribution < 1.29 is 24.2 Å². The van der Waals surface area contributed by atoms with Crippen LogP contribution < -0.4 is 0 Å². The van der Waals surface area contributed by atoms with E-state index in [1.807, 2.05) is 0 Å². The van der Waals surface area contributed by atoms with Crippen LogP contribution in [0.2, 0.25) is 0 Å². The average Bonchev–Trinajstić information content (AvgIpc) is 3.66. The summed E-state index contributed by atoms with van der Waals surface area (Å²) in [5.41, 5.74) is 6.94. The van der Waals surface area contributed by atoms with Gasteiger partial charge in [-0.1, -0.05) is 69.0 Å². The Morgan fingerprint density at radius 3 is 1.59 bits per heavy atom. The average molecular weight is 586 g/mol. The number of fused-ring (bicyclic) bond motifs is 3. The summed E-state index contributed by atoms with van der Waals surface area (Å²) < 4.78 is 1.42. The van der Waals surface area contributed by atoms with Crippen LogP contribution in [0.5, 0.6) is 0 Å². The first-order valence-corrected chi connectivity index (χ1v) is 15.3. The molecule has 0 unspecified atom stereocenters. The SMILES string of the molecule is CC(C)C1=CC[C-]=C1.CCc1ccc2c(c1)[cH-]c1cc(CC)ccc12.[Zr+2]=[C](c1ccccc1)c1ccccc1. The van der Waals surface area contributed by atoms with Crippen LogP contribution >= 0.6 is 0 Å². The van der Waals surface area contributed by atoms with E-state index in [-0.39, 0.29) is 0 Å². The third-order valence-corrected chi connectivity index (χ3v) is 8.58. The Balaban J connectivity index is 0.000000145. The molecule has 0 aromatic heterocycles. The summed E-state index contributed by atoms with van der Waals surface area (Å²) in [4.78, 5) is 0. The molecule has 1 aliphatic carbocycles. The van der Waals surface area contributed by atoms with Crippen LogP contribution in [0.15, 0.2) is 121 Å². The van der Waals surface area contributed by atoms with Crippen molar-refractivity contribution in [2.24, 2.45) is 5.92 Å². The van der Waals surface area contributed by atoms with Gasteiger partial charge in [0.25, 0.3) is 0 Å². The molecule has 5 aromatic carbocycles. The standard InChI is InChI=1S/C17H17.C13H10.C8H11.Zr/c1-3-12-5-7-16-14(9-12)11-15-10-13(4-2)6-8-17(15)16;1-3-7-12(8-4-1)11-13-9-5-2-6-10-13;1-7(2)8-5-3-4-6-8;/h5-11H,3-4H2,1-2H3;1-10H;5-7H,3H2,1-2H3;/q-1;;-1;+2. The molecule has 0 nitrogen and oxygen atoms in total. The zero-order valence-electron chi connectivity index (χ0n) is 23.7. The second-order valence-electron chi connectivity index (χ2n) is 10.2. The summed E-state index contributed by atoms with van der Waals surface area (Å²) in [5.74, 6) is 0.685. The first kappa shape index (κ1) is 29.0. The molecule has 194 valence electrons. The van der Waals surface area contributed by atoms with Gasteiger partial charge in [-0.3, -0.25) is 6.08 Å². The van der Waals surface area contributed by atoms with Gasteiger partial charge in [0.15, 0.2) is 0 Å². The molecule has 1 heteroatoms. The van der Waals surface area contributed by atoms with Gasteiger partial charge in [-0.2, -0.15) is 11.6 Å². The summed E-state index contributed by atoms with van der Waals surface area (Å²) in [5, 5.41) is 5.54. The zero-order valence-corrected chi connectivity index (χ0v) is 26.1. The molecule has 39 heavy (non-hydrogen) atoms. The van der Waals surface area contributed by atoms with Crippen molar-refractivity contribution in [3.8, 4) is 0 Å². The second kappa shape index (κ2) is 14.4. The Labute approximate surface area is 249 Å². The number of allylic oxidation sites excluding steroid dienone is 4. The number of benzene rings is 4. The van der Waals surface area contributed by atoms with Crippen molar-refractivity contribution in [1.29, 1.82) is 0 Å². The van der Waals surface area contributed by atoms with E-state index in [0.29, 0.717) is 5.92 Å². The van der Waals surface area contributed by atoms with Gasteiger partial charge in [0.2, 0.25) is 0 Å². The number of hydrogen-bond acceptors (Lipinski definition) is 0. The quantitative estimate of drug-likeness (QED) is 0.180. The van der Waals surface area contributed by atoms with Crippen LogP contribution in [0, 0.1) is 12.0 Å². The Bertz CT molecular complexity index is 1460. The van der Waals surface area contributed by atoms with Crippen molar-refractivity contribution >= 4 is 24.8 Å². The molecule has 0 fully saturated rings. The summed E-state index contributed by atoms with van der Waals surface area (Å²) in [7, 11) is 0. The molecule has 0 amide bonds. The first-order chi connectivity index (χ1) is 19.0. The van der Waals surface area contributed by atoms with E-state index < -0.39 is 0 Å². The van der Waals surface area contributed by atoms with Crippen molar-refractivity contribution in [2.45, 2.75) is 47.0 Å². The van der Waals surface area contributed by atoms with E-state index in [4.69, 9.17) is 0 Å². The Kier molecular flexibility index (Phi) is 10.7. The number of aryl methyl sites for hydroxylation is 2. The molecular formula is C38H38Zr. The van der Waals surface area contributed by atoms with Crippen molar-refractivity contribution in [3.05, 3.63) is 149 Å². The van der Waals surface area contributed by atoms with E-state index in [1.54, 1.807) is 0 Å². The van der Waals surface area contributed by atoms with E-state index in [0.717, 1.165) is 19.3 Å². The maximum absolute atomic E-state index is 3.14. The zero-order chi connectivity index (χ0) is 27.6. The van der Waals surface area contributed by atoms with Gasteiger partial charge in [-0.15, -0.1) is 46.2 Å². The van der Waals surface area contributed by atoms with Gasteiger partial charge in [-0.05, 0) is 12.8 Å². The van der Waals surface area contributed by atoms with Gasteiger partial charge in [0.05, 0.1) is 0 Å². The fraction of sp³-hybridized carbons (Fsp3) is 0.211. The van der Waals surface area contributed by atoms with Crippen LogP contribution in [0.3, 0.4) is 0 Å².